The predicted molar refractivity (Wildman–Crippen MR) is 74.5 cm³/mol. The normalized spacial score (nSPS) is 26.6. The van der Waals surface area contributed by atoms with Gasteiger partial charge in [-0.2, -0.15) is 39.5 Å². The van der Waals surface area contributed by atoms with Crippen molar-refractivity contribution in [2.45, 2.75) is 76.2 Å². The van der Waals surface area contributed by atoms with Gasteiger partial charge in [0.15, 0.2) is 0 Å². The van der Waals surface area contributed by atoms with Gasteiger partial charge in [-0.05, 0) is 38.5 Å². The SMILES string of the molecule is CCC(C)(C(OO)C1CCCC(C(O)(C(F)(F)F)C(F)(F)F)C1)C(F)(F)F. The Morgan fingerprint density at radius 2 is 1.41 bits per heavy atom. The summed E-state index contributed by atoms with van der Waals surface area (Å²) >= 11 is 0. The zero-order valence-electron chi connectivity index (χ0n) is 14.5. The molecule has 0 aromatic heterocycles. The molecule has 1 fully saturated rings. The lowest BCUT2D eigenvalue weighted by Gasteiger charge is -2.46. The van der Waals surface area contributed by atoms with Crippen LogP contribution >= 0.6 is 0 Å². The Kier molecular flexibility index (Phi) is 6.82. The largest absolute Gasteiger partial charge is 0.426 e. The van der Waals surface area contributed by atoms with Crippen molar-refractivity contribution in [2.24, 2.45) is 17.3 Å². The summed E-state index contributed by atoms with van der Waals surface area (Å²) in [5.41, 5.74) is -7.75. The molecule has 3 nitrogen and oxygen atoms in total. The van der Waals surface area contributed by atoms with E-state index in [1.807, 2.05) is 0 Å². The average molecular weight is 420 g/mol. The topological polar surface area (TPSA) is 49.7 Å². The first-order valence-corrected chi connectivity index (χ1v) is 8.20. The Labute approximate surface area is 149 Å². The predicted octanol–water partition coefficient (Wildman–Crippen LogP) is 5.49. The quantitative estimate of drug-likeness (QED) is 0.352. The lowest BCUT2D eigenvalue weighted by Crippen LogP contribution is -2.63. The Balaban J connectivity index is 3.28. The number of aliphatic hydroxyl groups is 1. The first-order chi connectivity index (χ1) is 12.0. The number of halogens is 9. The van der Waals surface area contributed by atoms with Crippen LogP contribution in [0, 0.1) is 17.3 Å². The third kappa shape index (κ3) is 4.16. The van der Waals surface area contributed by atoms with Crippen LogP contribution in [0.25, 0.3) is 0 Å². The van der Waals surface area contributed by atoms with E-state index < -0.39 is 66.7 Å². The van der Waals surface area contributed by atoms with Crippen molar-refractivity contribution in [3.8, 4) is 0 Å². The van der Waals surface area contributed by atoms with E-state index in [2.05, 4.69) is 4.89 Å². The molecule has 1 aliphatic rings. The van der Waals surface area contributed by atoms with Crippen LogP contribution in [0.4, 0.5) is 39.5 Å². The van der Waals surface area contributed by atoms with Gasteiger partial charge in [-0.3, -0.25) is 5.26 Å². The second-order valence-corrected chi connectivity index (χ2v) is 7.18. The van der Waals surface area contributed by atoms with Crippen LogP contribution in [-0.4, -0.2) is 40.6 Å². The molecule has 0 heterocycles. The Hall–Kier alpha value is -0.750. The molecule has 1 aliphatic carbocycles. The van der Waals surface area contributed by atoms with Gasteiger partial charge in [0, 0.05) is 5.92 Å². The molecule has 4 unspecified atom stereocenters. The van der Waals surface area contributed by atoms with Crippen molar-refractivity contribution in [1.82, 2.24) is 0 Å². The third-order valence-corrected chi connectivity index (χ3v) is 5.72. The Morgan fingerprint density at radius 3 is 1.74 bits per heavy atom. The van der Waals surface area contributed by atoms with Gasteiger partial charge in [-0.1, -0.05) is 13.3 Å². The minimum atomic E-state index is -6.06. The van der Waals surface area contributed by atoms with E-state index in [9.17, 15) is 44.6 Å². The summed E-state index contributed by atoms with van der Waals surface area (Å²) in [6.07, 6.45) is -21.9. The molecule has 0 saturated heterocycles. The van der Waals surface area contributed by atoms with Crippen molar-refractivity contribution in [1.29, 1.82) is 0 Å². The number of hydrogen-bond donors (Lipinski definition) is 2. The van der Waals surface area contributed by atoms with Crippen LogP contribution in [0.1, 0.15) is 46.0 Å². The average Bonchev–Trinajstić information content (AvgIpc) is 2.51. The summed E-state index contributed by atoms with van der Waals surface area (Å²) in [6, 6.07) is 0. The number of rotatable bonds is 5. The maximum atomic E-state index is 13.4. The monoisotopic (exact) mass is 420 g/mol. The van der Waals surface area contributed by atoms with Crippen molar-refractivity contribution >= 4 is 0 Å². The molecular weight excluding hydrogens is 399 g/mol. The zero-order chi connectivity index (χ0) is 21.5. The summed E-state index contributed by atoms with van der Waals surface area (Å²) in [7, 11) is 0. The van der Waals surface area contributed by atoms with Gasteiger partial charge in [0.1, 0.15) is 6.10 Å². The van der Waals surface area contributed by atoms with Crippen LogP contribution in [0.2, 0.25) is 0 Å². The van der Waals surface area contributed by atoms with Crippen LogP contribution in [0.5, 0.6) is 0 Å². The molecule has 1 rings (SSSR count). The first-order valence-electron chi connectivity index (χ1n) is 8.20. The molecule has 2 N–H and O–H groups in total. The number of alkyl halides is 9. The van der Waals surface area contributed by atoms with Gasteiger partial charge in [-0.25, -0.2) is 4.89 Å². The van der Waals surface area contributed by atoms with Gasteiger partial charge >= 0.3 is 18.5 Å². The highest BCUT2D eigenvalue weighted by molar-refractivity contribution is 5.03. The molecule has 0 aliphatic heterocycles. The molecule has 1 saturated carbocycles. The van der Waals surface area contributed by atoms with Crippen molar-refractivity contribution in [3.63, 3.8) is 0 Å². The molecule has 4 atom stereocenters. The third-order valence-electron chi connectivity index (χ3n) is 5.72. The van der Waals surface area contributed by atoms with Crippen LogP contribution in [0.3, 0.4) is 0 Å². The van der Waals surface area contributed by atoms with Gasteiger partial charge in [0.25, 0.3) is 5.60 Å². The maximum absolute atomic E-state index is 13.4. The molecule has 162 valence electrons. The van der Waals surface area contributed by atoms with E-state index in [0.717, 1.165) is 6.92 Å². The molecule has 0 radical (unpaired) electrons. The van der Waals surface area contributed by atoms with E-state index in [-0.39, 0.29) is 12.8 Å². The van der Waals surface area contributed by atoms with Gasteiger partial charge in [0.05, 0.1) is 5.41 Å². The lowest BCUT2D eigenvalue weighted by molar-refractivity contribution is -0.393. The van der Waals surface area contributed by atoms with Crippen LogP contribution in [-0.2, 0) is 4.89 Å². The fourth-order valence-electron chi connectivity index (χ4n) is 3.79. The molecular formula is C15H21F9O3. The summed E-state index contributed by atoms with van der Waals surface area (Å²) in [5.74, 6) is -3.88. The highest BCUT2D eigenvalue weighted by atomic mass is 19.4. The highest BCUT2D eigenvalue weighted by Gasteiger charge is 2.74. The molecule has 0 aromatic rings. The van der Waals surface area contributed by atoms with Crippen LogP contribution < -0.4 is 0 Å². The van der Waals surface area contributed by atoms with Gasteiger partial charge in [0.2, 0.25) is 0 Å². The molecule has 12 heteroatoms. The molecule has 0 spiro atoms. The summed E-state index contributed by atoms with van der Waals surface area (Å²) in [5, 5.41) is 18.5. The van der Waals surface area contributed by atoms with E-state index in [4.69, 9.17) is 5.26 Å². The second-order valence-electron chi connectivity index (χ2n) is 7.18. The van der Waals surface area contributed by atoms with Gasteiger partial charge in [-0.15, -0.1) is 0 Å². The fourth-order valence-corrected chi connectivity index (χ4v) is 3.79. The maximum Gasteiger partial charge on any atom is 0.426 e. The lowest BCUT2D eigenvalue weighted by atomic mass is 9.65. The first kappa shape index (κ1) is 24.3. The van der Waals surface area contributed by atoms with E-state index in [0.29, 0.717) is 6.92 Å². The molecule has 27 heavy (non-hydrogen) atoms. The van der Waals surface area contributed by atoms with Gasteiger partial charge < -0.3 is 5.11 Å². The molecule has 0 bridgehead atoms. The Morgan fingerprint density at radius 1 is 0.926 bits per heavy atom. The highest BCUT2D eigenvalue weighted by Crippen LogP contribution is 2.55. The number of hydrogen-bond acceptors (Lipinski definition) is 3. The summed E-state index contributed by atoms with van der Waals surface area (Å²) in [4.78, 5) is 3.94. The van der Waals surface area contributed by atoms with Crippen molar-refractivity contribution in [2.75, 3.05) is 0 Å². The summed E-state index contributed by atoms with van der Waals surface area (Å²) < 4.78 is 119. The second kappa shape index (κ2) is 7.58. The standard InChI is InChI=1S/C15H21F9O3/c1-3-11(2,13(16,17)18)10(27-26)8-5-4-6-9(7-8)12(25,14(19,20)21)15(22,23)24/h8-10,25-26H,3-7H2,1-2H3. The smallest absolute Gasteiger partial charge is 0.373 e. The zero-order valence-corrected chi connectivity index (χ0v) is 14.5. The fraction of sp³-hybridized carbons (Fsp3) is 1.00. The van der Waals surface area contributed by atoms with E-state index >= 15 is 0 Å². The van der Waals surface area contributed by atoms with E-state index in [1.165, 1.54) is 0 Å². The molecule has 0 amide bonds. The van der Waals surface area contributed by atoms with E-state index in [1.54, 1.807) is 0 Å². The van der Waals surface area contributed by atoms with Crippen molar-refractivity contribution in [3.05, 3.63) is 0 Å². The summed E-state index contributed by atoms with van der Waals surface area (Å²) in [6.45, 7) is 1.79. The van der Waals surface area contributed by atoms with Crippen LogP contribution in [0.15, 0.2) is 0 Å². The minimum Gasteiger partial charge on any atom is -0.373 e. The minimum absolute atomic E-state index is 0.181. The Bertz CT molecular complexity index is 486. The molecule has 0 aromatic carbocycles. The van der Waals surface area contributed by atoms with Crippen molar-refractivity contribution < 1.29 is 54.8 Å².